The highest BCUT2D eigenvalue weighted by Gasteiger charge is 2.05. The molecule has 0 aliphatic heterocycles. The molecule has 2 N–H and O–H groups in total. The molecule has 0 atom stereocenters. The van der Waals surface area contributed by atoms with Gasteiger partial charge in [0.15, 0.2) is 0 Å². The van der Waals surface area contributed by atoms with Crippen LogP contribution in [0.5, 0.6) is 0 Å². The molecule has 2 heterocycles. The maximum Gasteiger partial charge on any atom is 0.0907 e. The summed E-state index contributed by atoms with van der Waals surface area (Å²) in [7, 11) is 0. The van der Waals surface area contributed by atoms with Crippen molar-refractivity contribution in [1.29, 1.82) is 0 Å². The van der Waals surface area contributed by atoms with Crippen molar-refractivity contribution < 1.29 is 0 Å². The van der Waals surface area contributed by atoms with Crippen LogP contribution in [0.1, 0.15) is 27.7 Å². The third-order valence-corrected chi connectivity index (χ3v) is 2.69. The number of hydrogen-bond donors (Lipinski definition) is 2. The molecular formula is C16H22N4. The molecule has 4 nitrogen and oxygen atoms in total. The fraction of sp³-hybridized carbons (Fsp3) is 0.375. The predicted molar refractivity (Wildman–Crippen MR) is 85.0 cm³/mol. The van der Waals surface area contributed by atoms with Gasteiger partial charge < -0.3 is 10.6 Å². The first-order valence-electron chi connectivity index (χ1n) is 7.00. The Bertz CT molecular complexity index is 512. The summed E-state index contributed by atoms with van der Waals surface area (Å²) in [6.45, 7) is 8.47. The Morgan fingerprint density at radius 3 is 1.50 bits per heavy atom. The molecule has 0 amide bonds. The minimum Gasteiger partial charge on any atom is -0.383 e. The molecule has 0 spiro atoms. The lowest BCUT2D eigenvalue weighted by Crippen LogP contribution is -2.10. The highest BCUT2D eigenvalue weighted by molar-refractivity contribution is 5.64. The Balaban J connectivity index is 2.26. The molecule has 0 aliphatic carbocycles. The molecule has 4 heteroatoms. The normalized spacial score (nSPS) is 10.9. The number of rotatable bonds is 5. The van der Waals surface area contributed by atoms with Crippen molar-refractivity contribution in [1.82, 2.24) is 9.97 Å². The van der Waals surface area contributed by atoms with Gasteiger partial charge in [-0.2, -0.15) is 0 Å². The van der Waals surface area contributed by atoms with Gasteiger partial charge in [0, 0.05) is 35.9 Å². The first-order chi connectivity index (χ1) is 9.54. The van der Waals surface area contributed by atoms with Gasteiger partial charge >= 0.3 is 0 Å². The Morgan fingerprint density at radius 2 is 1.15 bits per heavy atom. The zero-order chi connectivity index (χ0) is 14.5. The lowest BCUT2D eigenvalue weighted by Gasteiger charge is -2.12. The van der Waals surface area contributed by atoms with Gasteiger partial charge in [0.25, 0.3) is 0 Å². The smallest absolute Gasteiger partial charge is 0.0907 e. The molecule has 0 saturated carbocycles. The van der Waals surface area contributed by atoms with Crippen molar-refractivity contribution in [2.45, 2.75) is 39.8 Å². The number of anilines is 2. The van der Waals surface area contributed by atoms with E-state index in [2.05, 4.69) is 48.3 Å². The molecule has 0 fully saturated rings. The molecule has 0 saturated heterocycles. The van der Waals surface area contributed by atoms with Crippen LogP contribution in [0.4, 0.5) is 11.4 Å². The van der Waals surface area contributed by atoms with Gasteiger partial charge in [-0.05, 0) is 52.0 Å². The van der Waals surface area contributed by atoms with Gasteiger partial charge in [0.1, 0.15) is 0 Å². The number of pyridine rings is 2. The van der Waals surface area contributed by atoms with Crippen molar-refractivity contribution >= 4 is 11.4 Å². The molecule has 20 heavy (non-hydrogen) atoms. The van der Waals surface area contributed by atoms with E-state index in [9.17, 15) is 0 Å². The van der Waals surface area contributed by atoms with E-state index >= 15 is 0 Å². The van der Waals surface area contributed by atoms with Gasteiger partial charge in [-0.3, -0.25) is 9.97 Å². The van der Waals surface area contributed by atoms with Crippen molar-refractivity contribution in [3.63, 3.8) is 0 Å². The van der Waals surface area contributed by atoms with Crippen LogP contribution in [0, 0.1) is 0 Å². The van der Waals surface area contributed by atoms with Crippen LogP contribution in [0.25, 0.3) is 11.4 Å². The Hall–Kier alpha value is -2.10. The minimum atomic E-state index is 0.396. The van der Waals surface area contributed by atoms with Crippen LogP contribution in [-0.2, 0) is 0 Å². The zero-order valence-electron chi connectivity index (χ0n) is 12.5. The molecule has 0 radical (unpaired) electrons. The summed E-state index contributed by atoms with van der Waals surface area (Å²) in [4.78, 5) is 8.81. The summed E-state index contributed by atoms with van der Waals surface area (Å²) < 4.78 is 0. The summed E-state index contributed by atoms with van der Waals surface area (Å²) in [5.41, 5.74) is 3.88. The number of nitrogens with zero attached hydrogens (tertiary/aromatic N) is 2. The maximum atomic E-state index is 4.41. The first-order valence-corrected chi connectivity index (χ1v) is 7.00. The van der Waals surface area contributed by atoms with E-state index in [-0.39, 0.29) is 0 Å². The molecule has 0 bridgehead atoms. The van der Waals surface area contributed by atoms with Crippen LogP contribution in [0.2, 0.25) is 0 Å². The lowest BCUT2D eigenvalue weighted by atomic mass is 10.2. The summed E-state index contributed by atoms with van der Waals surface area (Å²) in [5, 5.41) is 6.76. The van der Waals surface area contributed by atoms with Gasteiger partial charge in [-0.1, -0.05) is 0 Å². The molecule has 106 valence electrons. The summed E-state index contributed by atoms with van der Waals surface area (Å²) in [5.74, 6) is 0. The highest BCUT2D eigenvalue weighted by Crippen LogP contribution is 2.21. The number of aromatic nitrogens is 2. The van der Waals surface area contributed by atoms with Crippen LogP contribution in [-0.4, -0.2) is 22.1 Å². The van der Waals surface area contributed by atoms with Crippen LogP contribution in [0.15, 0.2) is 36.7 Å². The van der Waals surface area contributed by atoms with E-state index in [0.717, 1.165) is 22.8 Å². The van der Waals surface area contributed by atoms with E-state index in [1.165, 1.54) is 0 Å². The minimum absolute atomic E-state index is 0.396. The van der Waals surface area contributed by atoms with E-state index in [0.29, 0.717) is 12.1 Å². The molecular weight excluding hydrogens is 248 g/mol. The second-order valence-electron chi connectivity index (χ2n) is 5.46. The standard InChI is InChI=1S/C16H22N4/c1-11(2)19-13-5-7-17-15(9-13)16-10-14(6-8-18-16)20-12(3)4/h5-12H,1-4H3,(H,17,19)(H,18,20). The van der Waals surface area contributed by atoms with Crippen LogP contribution >= 0.6 is 0 Å². The Kier molecular flexibility index (Phi) is 4.56. The summed E-state index contributed by atoms with van der Waals surface area (Å²) in [6, 6.07) is 8.79. The van der Waals surface area contributed by atoms with E-state index < -0.39 is 0 Å². The SMILES string of the molecule is CC(C)Nc1ccnc(-c2cc(NC(C)C)ccn2)c1. The number of hydrogen-bond acceptors (Lipinski definition) is 4. The van der Waals surface area contributed by atoms with E-state index in [4.69, 9.17) is 0 Å². The first kappa shape index (κ1) is 14.3. The zero-order valence-corrected chi connectivity index (χ0v) is 12.5. The molecule has 2 aromatic rings. The van der Waals surface area contributed by atoms with E-state index in [1.54, 1.807) is 0 Å². The Morgan fingerprint density at radius 1 is 0.750 bits per heavy atom. The molecule has 0 aliphatic rings. The largest absolute Gasteiger partial charge is 0.383 e. The average molecular weight is 270 g/mol. The van der Waals surface area contributed by atoms with Gasteiger partial charge in [-0.25, -0.2) is 0 Å². The molecule has 2 rings (SSSR count). The summed E-state index contributed by atoms with van der Waals surface area (Å²) >= 11 is 0. The lowest BCUT2D eigenvalue weighted by molar-refractivity contribution is 0.898. The third-order valence-electron chi connectivity index (χ3n) is 2.69. The molecule has 0 unspecified atom stereocenters. The average Bonchev–Trinajstić information content (AvgIpc) is 2.38. The topological polar surface area (TPSA) is 49.8 Å². The molecule has 2 aromatic heterocycles. The second kappa shape index (κ2) is 6.37. The fourth-order valence-electron chi connectivity index (χ4n) is 1.99. The monoisotopic (exact) mass is 270 g/mol. The highest BCUT2D eigenvalue weighted by atomic mass is 14.9. The van der Waals surface area contributed by atoms with Crippen molar-refractivity contribution in [2.24, 2.45) is 0 Å². The van der Waals surface area contributed by atoms with Crippen molar-refractivity contribution in [3.8, 4) is 11.4 Å². The van der Waals surface area contributed by atoms with Crippen molar-refractivity contribution in [2.75, 3.05) is 10.6 Å². The van der Waals surface area contributed by atoms with Gasteiger partial charge in [0.2, 0.25) is 0 Å². The van der Waals surface area contributed by atoms with Crippen molar-refractivity contribution in [3.05, 3.63) is 36.7 Å². The second-order valence-corrected chi connectivity index (χ2v) is 5.46. The fourth-order valence-corrected chi connectivity index (χ4v) is 1.99. The summed E-state index contributed by atoms with van der Waals surface area (Å²) in [6.07, 6.45) is 3.62. The number of nitrogens with one attached hydrogen (secondary N) is 2. The van der Waals surface area contributed by atoms with E-state index in [1.807, 2.05) is 36.7 Å². The van der Waals surface area contributed by atoms with Gasteiger partial charge in [-0.15, -0.1) is 0 Å². The van der Waals surface area contributed by atoms with Gasteiger partial charge in [0.05, 0.1) is 11.4 Å². The molecule has 0 aromatic carbocycles. The maximum absolute atomic E-state index is 4.41. The predicted octanol–water partition coefficient (Wildman–Crippen LogP) is 3.78. The Labute approximate surface area is 120 Å². The quantitative estimate of drug-likeness (QED) is 0.868. The van der Waals surface area contributed by atoms with Crippen LogP contribution in [0.3, 0.4) is 0 Å². The third kappa shape index (κ3) is 3.95. The van der Waals surface area contributed by atoms with Crippen LogP contribution < -0.4 is 10.6 Å².